The fourth-order valence-corrected chi connectivity index (χ4v) is 2.37. The molecule has 0 spiro atoms. The van der Waals surface area contributed by atoms with Crippen molar-refractivity contribution in [2.24, 2.45) is 17.6 Å². The van der Waals surface area contributed by atoms with E-state index in [0.29, 0.717) is 5.92 Å². The van der Waals surface area contributed by atoms with Crippen LogP contribution in [0.3, 0.4) is 0 Å². The average Bonchev–Trinajstić information content (AvgIpc) is 2.19. The Kier molecular flexibility index (Phi) is 4.46. The molecular formula is C12H23NO. The molecule has 0 heterocycles. The van der Waals surface area contributed by atoms with Gasteiger partial charge in [0.05, 0.1) is 6.04 Å². The molecule has 1 atom stereocenters. The van der Waals surface area contributed by atoms with Gasteiger partial charge in [-0.3, -0.25) is 0 Å². The van der Waals surface area contributed by atoms with Crippen molar-refractivity contribution in [3.63, 3.8) is 0 Å². The summed E-state index contributed by atoms with van der Waals surface area (Å²) in [7, 11) is 0. The predicted molar refractivity (Wildman–Crippen MR) is 60.1 cm³/mol. The van der Waals surface area contributed by atoms with Gasteiger partial charge in [-0.1, -0.05) is 45.6 Å². The monoisotopic (exact) mass is 197 g/mol. The minimum atomic E-state index is -0.210. The Hall–Kier alpha value is -0.500. The summed E-state index contributed by atoms with van der Waals surface area (Å²) in [6, 6.07) is -0.210. The second kappa shape index (κ2) is 5.40. The van der Waals surface area contributed by atoms with Gasteiger partial charge in [-0.15, -0.1) is 0 Å². The lowest BCUT2D eigenvalue weighted by Gasteiger charge is -2.29. The van der Waals surface area contributed by atoms with Crippen molar-refractivity contribution in [1.82, 2.24) is 0 Å². The van der Waals surface area contributed by atoms with Crippen LogP contribution in [0, 0.1) is 11.8 Å². The molecule has 1 aliphatic carbocycles. The molecule has 2 heteroatoms. The molecule has 0 aromatic carbocycles. The van der Waals surface area contributed by atoms with Crippen molar-refractivity contribution in [2.75, 3.05) is 0 Å². The number of aliphatic hydroxyl groups is 1. The molecule has 0 radical (unpaired) electrons. The van der Waals surface area contributed by atoms with Crippen LogP contribution in [-0.2, 0) is 0 Å². The highest BCUT2D eigenvalue weighted by Gasteiger charge is 2.22. The Labute approximate surface area is 87.2 Å². The number of aliphatic hydroxyl groups excluding tert-OH is 1. The molecule has 0 aromatic rings. The highest BCUT2D eigenvalue weighted by Crippen LogP contribution is 2.33. The van der Waals surface area contributed by atoms with E-state index in [0.717, 1.165) is 12.3 Å². The van der Waals surface area contributed by atoms with Crippen LogP contribution < -0.4 is 5.73 Å². The van der Waals surface area contributed by atoms with Crippen LogP contribution in [0.5, 0.6) is 0 Å². The first kappa shape index (κ1) is 11.6. The van der Waals surface area contributed by atoms with Gasteiger partial charge in [-0.2, -0.15) is 0 Å². The summed E-state index contributed by atoms with van der Waals surface area (Å²) in [6.07, 6.45) is 7.45. The Morgan fingerprint density at radius 2 is 1.86 bits per heavy atom. The molecule has 0 saturated heterocycles. The second-order valence-electron chi connectivity index (χ2n) is 4.63. The maximum absolute atomic E-state index is 9.13. The van der Waals surface area contributed by atoms with Gasteiger partial charge in [0, 0.05) is 0 Å². The van der Waals surface area contributed by atoms with E-state index in [9.17, 15) is 0 Å². The molecule has 82 valence electrons. The van der Waals surface area contributed by atoms with Gasteiger partial charge in [0.25, 0.3) is 0 Å². The molecule has 14 heavy (non-hydrogen) atoms. The van der Waals surface area contributed by atoms with E-state index in [4.69, 9.17) is 10.8 Å². The van der Waals surface area contributed by atoms with Gasteiger partial charge >= 0.3 is 0 Å². The van der Waals surface area contributed by atoms with Gasteiger partial charge in [-0.25, -0.2) is 0 Å². The lowest BCUT2D eigenvalue weighted by Crippen LogP contribution is -2.27. The minimum Gasteiger partial charge on any atom is -0.511 e. The molecule has 0 unspecified atom stereocenters. The SMILES string of the molecule is C=C(O)[C@H](N)C[C@H]1CC[C@H](CC)CC1. The number of rotatable bonds is 4. The van der Waals surface area contributed by atoms with Crippen molar-refractivity contribution in [3.8, 4) is 0 Å². The molecule has 3 N–H and O–H groups in total. The highest BCUT2D eigenvalue weighted by molar-refractivity contribution is 4.93. The Balaban J connectivity index is 2.25. The molecule has 1 fully saturated rings. The van der Waals surface area contributed by atoms with E-state index in [2.05, 4.69) is 13.5 Å². The van der Waals surface area contributed by atoms with Gasteiger partial charge in [0.15, 0.2) is 0 Å². The van der Waals surface area contributed by atoms with E-state index < -0.39 is 0 Å². The minimum absolute atomic E-state index is 0.141. The summed E-state index contributed by atoms with van der Waals surface area (Å²) < 4.78 is 0. The molecule has 2 nitrogen and oxygen atoms in total. The van der Waals surface area contributed by atoms with E-state index in [1.54, 1.807) is 0 Å². The van der Waals surface area contributed by atoms with E-state index >= 15 is 0 Å². The lowest BCUT2D eigenvalue weighted by molar-refractivity contribution is 0.239. The zero-order chi connectivity index (χ0) is 10.6. The summed E-state index contributed by atoms with van der Waals surface area (Å²) >= 11 is 0. The number of hydrogen-bond donors (Lipinski definition) is 2. The van der Waals surface area contributed by atoms with Crippen molar-refractivity contribution in [2.45, 2.75) is 51.5 Å². The molecule has 0 bridgehead atoms. The van der Waals surface area contributed by atoms with Crippen molar-refractivity contribution in [3.05, 3.63) is 12.3 Å². The van der Waals surface area contributed by atoms with Crippen molar-refractivity contribution >= 4 is 0 Å². The summed E-state index contributed by atoms with van der Waals surface area (Å²) in [6.45, 7) is 5.75. The van der Waals surface area contributed by atoms with Crippen LogP contribution >= 0.6 is 0 Å². The Morgan fingerprint density at radius 1 is 1.36 bits per heavy atom. The van der Waals surface area contributed by atoms with E-state index in [1.165, 1.54) is 32.1 Å². The molecule has 1 aliphatic rings. The predicted octanol–water partition coefficient (Wildman–Crippen LogP) is 2.99. The zero-order valence-electron chi connectivity index (χ0n) is 9.21. The maximum Gasteiger partial charge on any atom is 0.102 e. The summed E-state index contributed by atoms with van der Waals surface area (Å²) in [5.74, 6) is 1.78. The third kappa shape index (κ3) is 3.33. The molecule has 0 aromatic heterocycles. The first-order valence-electron chi connectivity index (χ1n) is 5.76. The van der Waals surface area contributed by atoms with Gasteiger partial charge in [-0.05, 0) is 18.3 Å². The zero-order valence-corrected chi connectivity index (χ0v) is 9.21. The maximum atomic E-state index is 9.13. The summed E-state index contributed by atoms with van der Waals surface area (Å²) in [5, 5.41) is 9.13. The summed E-state index contributed by atoms with van der Waals surface area (Å²) in [4.78, 5) is 0. The normalized spacial score (nSPS) is 29.9. The van der Waals surface area contributed by atoms with Crippen molar-refractivity contribution in [1.29, 1.82) is 0 Å². The number of hydrogen-bond acceptors (Lipinski definition) is 2. The van der Waals surface area contributed by atoms with Crippen LogP contribution in [0.1, 0.15) is 45.4 Å². The first-order valence-corrected chi connectivity index (χ1v) is 5.76. The highest BCUT2D eigenvalue weighted by atomic mass is 16.3. The van der Waals surface area contributed by atoms with E-state index in [1.807, 2.05) is 0 Å². The fourth-order valence-electron chi connectivity index (χ4n) is 2.37. The smallest absolute Gasteiger partial charge is 0.102 e. The number of nitrogens with two attached hydrogens (primary N) is 1. The topological polar surface area (TPSA) is 46.2 Å². The quantitative estimate of drug-likeness (QED) is 0.680. The first-order chi connectivity index (χ1) is 6.63. The average molecular weight is 197 g/mol. The summed E-state index contributed by atoms with van der Waals surface area (Å²) in [5.41, 5.74) is 5.76. The van der Waals surface area contributed by atoms with Crippen LogP contribution in [-0.4, -0.2) is 11.1 Å². The van der Waals surface area contributed by atoms with Gasteiger partial charge in [0.1, 0.15) is 5.76 Å². The standard InChI is InChI=1S/C12H23NO/c1-3-10-4-6-11(7-5-10)8-12(13)9(2)14/h10-12,14H,2-8,13H2,1H3/t10-,11-,12-/m1/s1. The van der Waals surface area contributed by atoms with Gasteiger partial charge < -0.3 is 10.8 Å². The third-order valence-electron chi connectivity index (χ3n) is 3.56. The fraction of sp³-hybridized carbons (Fsp3) is 0.833. The molecular weight excluding hydrogens is 174 g/mol. The lowest BCUT2D eigenvalue weighted by atomic mass is 9.78. The molecule has 0 aliphatic heterocycles. The van der Waals surface area contributed by atoms with Crippen LogP contribution in [0.4, 0.5) is 0 Å². The van der Waals surface area contributed by atoms with Crippen LogP contribution in [0.2, 0.25) is 0 Å². The third-order valence-corrected chi connectivity index (χ3v) is 3.56. The van der Waals surface area contributed by atoms with Crippen molar-refractivity contribution < 1.29 is 5.11 Å². The largest absolute Gasteiger partial charge is 0.511 e. The Bertz CT molecular complexity index is 183. The Morgan fingerprint density at radius 3 is 2.29 bits per heavy atom. The van der Waals surface area contributed by atoms with E-state index in [-0.39, 0.29) is 11.8 Å². The van der Waals surface area contributed by atoms with Crippen LogP contribution in [0.25, 0.3) is 0 Å². The molecule has 1 rings (SSSR count). The molecule has 1 saturated carbocycles. The van der Waals surface area contributed by atoms with Gasteiger partial charge in [0.2, 0.25) is 0 Å². The molecule has 0 amide bonds. The van der Waals surface area contributed by atoms with Crippen LogP contribution in [0.15, 0.2) is 12.3 Å². The second-order valence-corrected chi connectivity index (χ2v) is 4.63.